The summed E-state index contributed by atoms with van der Waals surface area (Å²) in [4.78, 5) is 15.3. The number of carbonyl (C=O) groups excluding carboxylic acids is 1. The minimum atomic E-state index is -2.47. The van der Waals surface area contributed by atoms with Crippen molar-refractivity contribution in [2.75, 3.05) is 0 Å². The molecule has 5 rings (SSSR count). The third-order valence-corrected chi connectivity index (χ3v) is 9.04. The van der Waals surface area contributed by atoms with Crippen LogP contribution < -0.4 is 5.73 Å². The number of carbonyl (C=O) groups is 1. The Labute approximate surface area is 158 Å². The first-order valence-electron chi connectivity index (χ1n) is 9.19. The molecular formula is C20H22N2O4S. The zero-order valence-corrected chi connectivity index (χ0v) is 15.5. The molecule has 0 spiro atoms. The second kappa shape index (κ2) is 5.89. The molecule has 2 aromatic heterocycles. The molecule has 2 saturated heterocycles. The zero-order valence-electron chi connectivity index (χ0n) is 14.7. The molecule has 2 bridgehead atoms. The molecule has 1 aromatic carbocycles. The van der Waals surface area contributed by atoms with E-state index in [1.807, 2.05) is 24.4 Å². The fourth-order valence-electron chi connectivity index (χ4n) is 4.86. The van der Waals surface area contributed by atoms with Crippen molar-refractivity contribution in [3.63, 3.8) is 0 Å². The van der Waals surface area contributed by atoms with Crippen molar-refractivity contribution >= 4 is 27.4 Å². The summed E-state index contributed by atoms with van der Waals surface area (Å²) >= 11 is 0. The molecule has 1 unspecified atom stereocenters. The van der Waals surface area contributed by atoms with Crippen molar-refractivity contribution in [2.24, 2.45) is 5.73 Å². The van der Waals surface area contributed by atoms with E-state index >= 15 is 0 Å². The van der Waals surface area contributed by atoms with Gasteiger partial charge in [-0.25, -0.2) is 0 Å². The Morgan fingerprint density at radius 2 is 1.96 bits per heavy atom. The minimum Gasteiger partial charge on any atom is -0.464 e. The van der Waals surface area contributed by atoms with Crippen LogP contribution in [0.1, 0.15) is 47.5 Å². The third kappa shape index (κ3) is 2.53. The van der Waals surface area contributed by atoms with Crippen molar-refractivity contribution in [1.82, 2.24) is 4.98 Å². The van der Waals surface area contributed by atoms with Crippen molar-refractivity contribution in [3.8, 4) is 11.3 Å². The van der Waals surface area contributed by atoms with Gasteiger partial charge in [0.1, 0.15) is 5.76 Å². The Balaban J connectivity index is 1.63. The van der Waals surface area contributed by atoms with Crippen molar-refractivity contribution in [1.29, 1.82) is 0 Å². The average molecular weight is 386 g/mol. The van der Waals surface area contributed by atoms with Gasteiger partial charge in [0.15, 0.2) is 0 Å². The van der Waals surface area contributed by atoms with Crippen LogP contribution in [0.25, 0.3) is 22.2 Å². The average Bonchev–Trinajstić information content (AvgIpc) is 3.31. The number of benzene rings is 1. The Morgan fingerprint density at radius 1 is 1.22 bits per heavy atom. The van der Waals surface area contributed by atoms with Gasteiger partial charge in [0.2, 0.25) is 0 Å². The van der Waals surface area contributed by atoms with Gasteiger partial charge in [0.25, 0.3) is 5.91 Å². The van der Waals surface area contributed by atoms with Gasteiger partial charge in [0.05, 0.1) is 17.3 Å². The standard InChI is InChI=1S/C20H22N2O4S/c21-20(23)16-9-12(18-2-1-5-26-18)8-15-17(10-22-19(15)16)11-6-13-3-4-14(7-11)27(13,24)25/h1-2,5,8-11,13-14,22,24-25H,3-4,6-7H2,(H2,21,23)/t11?,13-,14+. The van der Waals surface area contributed by atoms with Crippen LogP contribution in [0.2, 0.25) is 0 Å². The fourth-order valence-corrected chi connectivity index (χ4v) is 7.41. The molecule has 3 aromatic rings. The highest BCUT2D eigenvalue weighted by molar-refractivity contribution is 8.25. The fraction of sp³-hybridized carbons (Fsp3) is 0.350. The van der Waals surface area contributed by atoms with Gasteiger partial charge in [-0.3, -0.25) is 13.9 Å². The molecule has 3 atom stereocenters. The van der Waals surface area contributed by atoms with Gasteiger partial charge in [-0.1, -0.05) is 0 Å². The molecule has 0 radical (unpaired) electrons. The summed E-state index contributed by atoms with van der Waals surface area (Å²) in [6.45, 7) is 0. The minimum absolute atomic E-state index is 0.0185. The van der Waals surface area contributed by atoms with E-state index in [-0.39, 0.29) is 16.4 Å². The van der Waals surface area contributed by atoms with E-state index in [2.05, 4.69) is 4.98 Å². The van der Waals surface area contributed by atoms with Crippen LogP contribution in [0, 0.1) is 0 Å². The molecule has 5 N–H and O–H groups in total. The molecule has 1 amide bonds. The summed E-state index contributed by atoms with van der Waals surface area (Å²) in [5.41, 5.74) is 8.73. The lowest BCUT2D eigenvalue weighted by Gasteiger charge is -2.46. The largest absolute Gasteiger partial charge is 0.464 e. The first-order chi connectivity index (χ1) is 12.9. The van der Waals surface area contributed by atoms with Gasteiger partial charge < -0.3 is 15.1 Å². The monoisotopic (exact) mass is 386 g/mol. The van der Waals surface area contributed by atoms with Gasteiger partial charge in [-0.2, -0.15) is 10.6 Å². The third-order valence-electron chi connectivity index (χ3n) is 6.22. The summed E-state index contributed by atoms with van der Waals surface area (Å²) in [5, 5.41) is 0.922. The van der Waals surface area contributed by atoms with Crippen LogP contribution in [0.4, 0.5) is 0 Å². The normalized spacial score (nSPS) is 27.7. The summed E-state index contributed by atoms with van der Waals surface area (Å²) in [7, 11) is -2.47. The van der Waals surface area contributed by atoms with Crippen LogP contribution in [0.5, 0.6) is 0 Å². The smallest absolute Gasteiger partial charge is 0.250 e. The van der Waals surface area contributed by atoms with Crippen LogP contribution >= 0.6 is 10.6 Å². The number of H-pyrrole nitrogens is 1. The number of furan rings is 1. The van der Waals surface area contributed by atoms with E-state index in [1.165, 1.54) is 0 Å². The number of hydrogen-bond acceptors (Lipinski definition) is 4. The van der Waals surface area contributed by atoms with Crippen LogP contribution in [-0.4, -0.2) is 30.5 Å². The highest BCUT2D eigenvalue weighted by Crippen LogP contribution is 2.66. The maximum absolute atomic E-state index is 12.0. The number of rotatable bonds is 3. The van der Waals surface area contributed by atoms with Crippen LogP contribution in [0.3, 0.4) is 0 Å². The predicted octanol–water partition coefficient (Wildman–Crippen LogP) is 4.69. The van der Waals surface area contributed by atoms with E-state index in [1.54, 1.807) is 12.3 Å². The number of nitrogens with one attached hydrogen (secondary N) is 1. The highest BCUT2D eigenvalue weighted by Gasteiger charge is 2.47. The number of aromatic nitrogens is 1. The molecule has 0 saturated carbocycles. The second-order valence-corrected chi connectivity index (χ2v) is 10.3. The molecule has 27 heavy (non-hydrogen) atoms. The molecule has 142 valence electrons. The van der Waals surface area contributed by atoms with Crippen LogP contribution in [0.15, 0.2) is 41.1 Å². The van der Waals surface area contributed by atoms with E-state index in [0.717, 1.165) is 47.7 Å². The lowest BCUT2D eigenvalue weighted by Crippen LogP contribution is -2.28. The molecule has 7 heteroatoms. The number of primary amides is 1. The SMILES string of the molecule is NC(=O)c1cc(-c2ccco2)cc2c(C3C[C@H]4CC[C@@H](C3)S4(O)O)c[nH]c12. The first kappa shape index (κ1) is 16.9. The molecule has 4 heterocycles. The summed E-state index contributed by atoms with van der Waals surface area (Å²) in [5.74, 6) is 0.438. The first-order valence-corrected chi connectivity index (χ1v) is 10.9. The molecule has 0 aliphatic carbocycles. The Bertz CT molecular complexity index is 1010. The molecule has 2 fully saturated rings. The second-order valence-electron chi connectivity index (χ2n) is 7.66. The number of hydrogen-bond donors (Lipinski definition) is 4. The summed E-state index contributed by atoms with van der Waals surface area (Å²) in [6.07, 6.45) is 6.85. The van der Waals surface area contributed by atoms with Gasteiger partial charge in [0, 0.05) is 27.6 Å². The van der Waals surface area contributed by atoms with Crippen molar-refractivity contribution in [3.05, 3.63) is 47.9 Å². The maximum Gasteiger partial charge on any atom is 0.250 e. The predicted molar refractivity (Wildman–Crippen MR) is 106 cm³/mol. The highest BCUT2D eigenvalue weighted by atomic mass is 32.3. The maximum atomic E-state index is 12.0. The topological polar surface area (TPSA) is 112 Å². The van der Waals surface area contributed by atoms with Gasteiger partial charge in [-0.05, 0) is 61.4 Å². The van der Waals surface area contributed by atoms with E-state index in [0.29, 0.717) is 11.3 Å². The summed E-state index contributed by atoms with van der Waals surface area (Å²) in [6, 6.07) is 7.45. The van der Waals surface area contributed by atoms with Crippen molar-refractivity contribution in [2.45, 2.75) is 42.1 Å². The van der Waals surface area contributed by atoms with Gasteiger partial charge >= 0.3 is 0 Å². The molecule has 2 aliphatic heterocycles. The van der Waals surface area contributed by atoms with E-state index < -0.39 is 16.5 Å². The Hall–Kier alpha value is -2.22. The molecule has 2 aliphatic rings. The van der Waals surface area contributed by atoms with E-state index in [4.69, 9.17) is 10.2 Å². The lowest BCUT2D eigenvalue weighted by atomic mass is 9.89. The zero-order chi connectivity index (χ0) is 18.8. The Morgan fingerprint density at radius 3 is 2.59 bits per heavy atom. The van der Waals surface area contributed by atoms with Crippen LogP contribution in [-0.2, 0) is 0 Å². The molecule has 6 nitrogen and oxygen atoms in total. The number of amides is 1. The van der Waals surface area contributed by atoms with Crippen molar-refractivity contribution < 1.29 is 18.3 Å². The van der Waals surface area contributed by atoms with E-state index in [9.17, 15) is 13.9 Å². The summed E-state index contributed by atoms with van der Waals surface area (Å²) < 4.78 is 26.4. The van der Waals surface area contributed by atoms with Gasteiger partial charge in [-0.15, -0.1) is 0 Å². The number of aromatic amines is 1. The molecular weight excluding hydrogens is 364 g/mol. The number of fused-ring (bicyclic) bond motifs is 3. The quantitative estimate of drug-likeness (QED) is 0.523. The number of nitrogens with two attached hydrogens (primary N) is 1. The lowest BCUT2D eigenvalue weighted by molar-refractivity contribution is 0.100. The Kier molecular flexibility index (Phi) is 3.69.